The average molecular weight is 556 g/mol. The van der Waals surface area contributed by atoms with E-state index in [1.165, 1.54) is 4.90 Å². The number of amides is 2. The zero-order valence-electron chi connectivity index (χ0n) is 22.3. The van der Waals surface area contributed by atoms with E-state index in [1.807, 2.05) is 13.0 Å². The van der Waals surface area contributed by atoms with E-state index in [0.717, 1.165) is 29.1 Å². The maximum atomic E-state index is 14.0. The molecule has 2 unspecified atom stereocenters. The summed E-state index contributed by atoms with van der Waals surface area (Å²) in [6.45, 7) is 2.22. The normalized spacial score (nSPS) is 19.8. The smallest absolute Gasteiger partial charge is 0.305 e. The third-order valence-corrected chi connectivity index (χ3v) is 9.30. The van der Waals surface area contributed by atoms with Crippen LogP contribution in [0.2, 0.25) is 0 Å². The highest BCUT2D eigenvalue weighted by molar-refractivity contribution is 7.88. The van der Waals surface area contributed by atoms with Crippen molar-refractivity contribution in [3.63, 3.8) is 0 Å². The topological polar surface area (TPSA) is 124 Å². The van der Waals surface area contributed by atoms with E-state index in [9.17, 15) is 27.9 Å². The highest BCUT2D eigenvalue weighted by atomic mass is 32.2. The van der Waals surface area contributed by atoms with Crippen molar-refractivity contribution in [3.8, 4) is 0 Å². The van der Waals surface area contributed by atoms with Crippen LogP contribution in [0, 0.1) is 12.8 Å². The Labute approximate surface area is 230 Å². The first-order valence-corrected chi connectivity index (χ1v) is 15.2. The summed E-state index contributed by atoms with van der Waals surface area (Å²) in [6.07, 6.45) is 2.97. The Kier molecular flexibility index (Phi) is 9.40. The van der Waals surface area contributed by atoms with Crippen LogP contribution in [-0.2, 0) is 30.2 Å². The summed E-state index contributed by atoms with van der Waals surface area (Å²) in [5, 5.41) is 12.4. The molecule has 0 bridgehead atoms. The average Bonchev–Trinajstić information content (AvgIpc) is 2.92. The van der Waals surface area contributed by atoms with Crippen LogP contribution in [0.5, 0.6) is 0 Å². The summed E-state index contributed by atoms with van der Waals surface area (Å²) in [5.41, 5.74) is 2.08. The van der Waals surface area contributed by atoms with Crippen molar-refractivity contribution in [2.24, 2.45) is 5.92 Å². The standard InChI is InChI=1S/C29H37N3O6S/c1-21-10-8-15-24(18-21)25(19-26(33)34)30-27(35)28-31(29(36)23-13-6-3-7-14-23)16-9-17-32(28)39(37,38)20-22-11-4-2-5-12-22/h2,4-5,8,10-12,15,18,23,25,28H,3,6-7,9,13-14,16-17,19-20H2,1H3,(H,30,35)(H,33,34). The van der Waals surface area contributed by atoms with E-state index in [0.29, 0.717) is 30.4 Å². The summed E-state index contributed by atoms with van der Waals surface area (Å²) in [5.74, 6) is -2.56. The Morgan fingerprint density at radius 1 is 0.974 bits per heavy atom. The van der Waals surface area contributed by atoms with Crippen LogP contribution in [0.1, 0.15) is 67.7 Å². The van der Waals surface area contributed by atoms with Gasteiger partial charge in [-0.05, 0) is 37.3 Å². The fourth-order valence-electron chi connectivity index (χ4n) is 5.60. The molecule has 2 amide bonds. The minimum Gasteiger partial charge on any atom is -0.481 e. The number of carboxylic acid groups (broad SMARTS) is 1. The van der Waals surface area contributed by atoms with E-state index >= 15 is 0 Å². The molecular formula is C29H37N3O6S. The van der Waals surface area contributed by atoms with Crippen molar-refractivity contribution >= 4 is 27.8 Å². The molecule has 2 aliphatic rings. The van der Waals surface area contributed by atoms with E-state index in [4.69, 9.17) is 0 Å². The number of carboxylic acids is 1. The van der Waals surface area contributed by atoms with Gasteiger partial charge in [-0.15, -0.1) is 0 Å². The molecule has 2 aromatic carbocycles. The Morgan fingerprint density at radius 3 is 2.36 bits per heavy atom. The number of carbonyl (C=O) groups is 3. The number of benzene rings is 2. The number of hydrogen-bond acceptors (Lipinski definition) is 5. The first kappa shape index (κ1) is 28.8. The van der Waals surface area contributed by atoms with Crippen LogP contribution in [0.3, 0.4) is 0 Å². The van der Waals surface area contributed by atoms with Crippen LogP contribution in [0.4, 0.5) is 0 Å². The maximum Gasteiger partial charge on any atom is 0.305 e. The molecule has 2 fully saturated rings. The van der Waals surface area contributed by atoms with Gasteiger partial charge in [0.25, 0.3) is 5.91 Å². The zero-order chi connectivity index (χ0) is 28.0. The highest BCUT2D eigenvalue weighted by Crippen LogP contribution is 2.30. The fourth-order valence-corrected chi connectivity index (χ4v) is 7.30. The highest BCUT2D eigenvalue weighted by Gasteiger charge is 2.45. The van der Waals surface area contributed by atoms with Crippen molar-refractivity contribution in [3.05, 3.63) is 71.3 Å². The Balaban J connectivity index is 1.68. The number of carbonyl (C=O) groups excluding carboxylic acids is 2. The molecule has 10 heteroatoms. The third kappa shape index (κ3) is 7.24. The summed E-state index contributed by atoms with van der Waals surface area (Å²) < 4.78 is 28.5. The van der Waals surface area contributed by atoms with Gasteiger partial charge in [0.05, 0.1) is 18.2 Å². The maximum absolute atomic E-state index is 14.0. The molecule has 1 aliphatic heterocycles. The van der Waals surface area contributed by atoms with Gasteiger partial charge >= 0.3 is 5.97 Å². The van der Waals surface area contributed by atoms with E-state index in [2.05, 4.69) is 5.32 Å². The second-order valence-electron chi connectivity index (χ2n) is 10.5. The Hall–Kier alpha value is -3.24. The molecule has 210 valence electrons. The predicted molar refractivity (Wildman–Crippen MR) is 147 cm³/mol. The first-order chi connectivity index (χ1) is 18.7. The van der Waals surface area contributed by atoms with Crippen molar-refractivity contribution in [2.75, 3.05) is 13.1 Å². The van der Waals surface area contributed by atoms with E-state index < -0.39 is 34.1 Å². The van der Waals surface area contributed by atoms with Gasteiger partial charge < -0.3 is 15.3 Å². The van der Waals surface area contributed by atoms with Gasteiger partial charge in [-0.3, -0.25) is 14.4 Å². The molecule has 1 saturated heterocycles. The molecule has 39 heavy (non-hydrogen) atoms. The lowest BCUT2D eigenvalue weighted by Gasteiger charge is -2.43. The van der Waals surface area contributed by atoms with Crippen LogP contribution in [0.25, 0.3) is 0 Å². The number of aliphatic carboxylic acids is 1. The van der Waals surface area contributed by atoms with Gasteiger partial charge in [-0.1, -0.05) is 79.4 Å². The largest absolute Gasteiger partial charge is 0.481 e. The molecule has 2 N–H and O–H groups in total. The SMILES string of the molecule is Cc1cccc(C(CC(=O)O)NC(=O)C2N(C(=O)C3CCCCC3)CCCN2S(=O)(=O)Cc2ccccc2)c1. The van der Waals surface area contributed by atoms with E-state index in [-0.39, 0.29) is 37.1 Å². The van der Waals surface area contributed by atoms with Crippen molar-refractivity contribution < 1.29 is 27.9 Å². The molecular weight excluding hydrogens is 518 g/mol. The van der Waals surface area contributed by atoms with Crippen LogP contribution < -0.4 is 5.32 Å². The first-order valence-electron chi connectivity index (χ1n) is 13.6. The van der Waals surface area contributed by atoms with Crippen LogP contribution >= 0.6 is 0 Å². The van der Waals surface area contributed by atoms with Gasteiger partial charge in [0.2, 0.25) is 15.9 Å². The second-order valence-corrected chi connectivity index (χ2v) is 12.4. The Bertz CT molecular complexity index is 1280. The van der Waals surface area contributed by atoms with Crippen molar-refractivity contribution in [1.29, 1.82) is 0 Å². The summed E-state index contributed by atoms with van der Waals surface area (Å²) in [7, 11) is -4.00. The predicted octanol–water partition coefficient (Wildman–Crippen LogP) is 3.60. The molecule has 0 spiro atoms. The van der Waals surface area contributed by atoms with Gasteiger partial charge in [0.1, 0.15) is 0 Å². The van der Waals surface area contributed by atoms with Crippen molar-refractivity contribution in [2.45, 2.75) is 69.8 Å². The lowest BCUT2D eigenvalue weighted by atomic mass is 9.88. The molecule has 1 saturated carbocycles. The number of hydrogen-bond donors (Lipinski definition) is 2. The lowest BCUT2D eigenvalue weighted by molar-refractivity contribution is -0.152. The number of sulfonamides is 1. The summed E-state index contributed by atoms with van der Waals surface area (Å²) in [6, 6.07) is 15.0. The summed E-state index contributed by atoms with van der Waals surface area (Å²) >= 11 is 0. The Morgan fingerprint density at radius 2 is 1.69 bits per heavy atom. The van der Waals surface area contributed by atoms with Crippen LogP contribution in [0.15, 0.2) is 54.6 Å². The number of aryl methyl sites for hydroxylation is 1. The van der Waals surface area contributed by atoms with Gasteiger partial charge in [-0.2, -0.15) is 4.31 Å². The molecule has 2 atom stereocenters. The molecule has 0 aromatic heterocycles. The minimum atomic E-state index is -4.00. The lowest BCUT2D eigenvalue weighted by Crippen LogP contribution is -2.64. The number of rotatable bonds is 9. The molecule has 4 rings (SSSR count). The fraction of sp³-hybridized carbons (Fsp3) is 0.483. The van der Waals surface area contributed by atoms with Gasteiger partial charge in [0, 0.05) is 19.0 Å². The molecule has 9 nitrogen and oxygen atoms in total. The zero-order valence-corrected chi connectivity index (χ0v) is 23.1. The monoisotopic (exact) mass is 555 g/mol. The number of nitrogens with one attached hydrogen (secondary N) is 1. The van der Waals surface area contributed by atoms with Gasteiger partial charge in [-0.25, -0.2) is 8.42 Å². The quantitative estimate of drug-likeness (QED) is 0.487. The minimum absolute atomic E-state index is 0.0930. The van der Waals surface area contributed by atoms with Gasteiger partial charge in [0.15, 0.2) is 6.17 Å². The molecule has 0 radical (unpaired) electrons. The van der Waals surface area contributed by atoms with E-state index in [1.54, 1.807) is 48.5 Å². The van der Waals surface area contributed by atoms with Crippen molar-refractivity contribution in [1.82, 2.24) is 14.5 Å². The number of nitrogens with zero attached hydrogens (tertiary/aromatic N) is 2. The summed E-state index contributed by atoms with van der Waals surface area (Å²) in [4.78, 5) is 40.8. The van der Waals surface area contributed by atoms with Crippen LogP contribution in [-0.4, -0.2) is 59.8 Å². The molecule has 1 aliphatic carbocycles. The molecule has 2 aromatic rings. The second kappa shape index (κ2) is 12.7. The molecule has 1 heterocycles. The third-order valence-electron chi connectivity index (χ3n) is 7.51.